The van der Waals surface area contributed by atoms with E-state index >= 15 is 0 Å². The van der Waals surface area contributed by atoms with Gasteiger partial charge in [0.2, 0.25) is 5.82 Å². The molecular formula is C10H23N6NaO8. The Morgan fingerprint density at radius 3 is 2.20 bits per heavy atom. The van der Waals surface area contributed by atoms with Crippen molar-refractivity contribution < 1.29 is 69.3 Å². The zero-order valence-corrected chi connectivity index (χ0v) is 15.5. The van der Waals surface area contributed by atoms with Gasteiger partial charge >= 0.3 is 29.6 Å². The second kappa shape index (κ2) is 15.7. The van der Waals surface area contributed by atoms with Crippen molar-refractivity contribution in [1.82, 2.24) is 30.0 Å². The standard InChI is InChI=1S/C10H8N6O.Na.7H2O.H/c1-6-3-2-4-16-9(6)11-5-7(10(16)17)8-12-14-15-13-8;;;;;;;;;/h2-5H,1H3,(H,12,13,14,15);;7*1H2;/q;+1;;;;;;;;-1. The molecule has 0 radical (unpaired) electrons. The van der Waals surface area contributed by atoms with E-state index in [4.69, 9.17) is 0 Å². The van der Waals surface area contributed by atoms with Crippen molar-refractivity contribution in [1.29, 1.82) is 0 Å². The Labute approximate surface area is 163 Å². The number of hydrogen-bond donors (Lipinski definition) is 1. The van der Waals surface area contributed by atoms with Crippen molar-refractivity contribution in [2.24, 2.45) is 0 Å². The van der Waals surface area contributed by atoms with Gasteiger partial charge in [-0.2, -0.15) is 5.21 Å². The van der Waals surface area contributed by atoms with Crippen molar-refractivity contribution in [2.45, 2.75) is 6.92 Å². The van der Waals surface area contributed by atoms with Crippen LogP contribution in [0.2, 0.25) is 0 Å². The molecule has 0 fully saturated rings. The van der Waals surface area contributed by atoms with Crippen molar-refractivity contribution >= 4 is 5.65 Å². The quantitative estimate of drug-likeness (QED) is 0.402. The molecule has 14 nitrogen and oxygen atoms in total. The van der Waals surface area contributed by atoms with E-state index in [0.29, 0.717) is 11.2 Å². The molecule has 0 amide bonds. The Bertz CT molecular complexity index is 759. The van der Waals surface area contributed by atoms with E-state index in [2.05, 4.69) is 25.6 Å². The molecule has 0 aliphatic heterocycles. The van der Waals surface area contributed by atoms with Gasteiger partial charge in [0.1, 0.15) is 11.2 Å². The summed E-state index contributed by atoms with van der Waals surface area (Å²) >= 11 is 0. The van der Waals surface area contributed by atoms with E-state index < -0.39 is 0 Å². The van der Waals surface area contributed by atoms with Crippen molar-refractivity contribution in [3.63, 3.8) is 0 Å². The van der Waals surface area contributed by atoms with E-state index in [1.54, 1.807) is 12.3 Å². The Morgan fingerprint density at radius 2 is 1.68 bits per heavy atom. The zero-order valence-electron chi connectivity index (χ0n) is 14.5. The molecule has 3 aromatic heterocycles. The van der Waals surface area contributed by atoms with Crippen LogP contribution >= 0.6 is 0 Å². The van der Waals surface area contributed by atoms with Gasteiger partial charge in [0, 0.05) is 12.4 Å². The van der Waals surface area contributed by atoms with Crippen LogP contribution in [-0.2, 0) is 0 Å². The van der Waals surface area contributed by atoms with Crippen LogP contribution in [0.3, 0.4) is 0 Å². The Kier molecular flexibility index (Phi) is 24.2. The molecule has 15 heteroatoms. The molecule has 3 aromatic rings. The molecule has 3 rings (SSSR count). The average molecular weight is 378 g/mol. The molecule has 0 spiro atoms. The molecule has 0 saturated carbocycles. The fraction of sp³-hybridized carbons (Fsp3) is 0.100. The summed E-state index contributed by atoms with van der Waals surface area (Å²) in [7, 11) is 0. The topological polar surface area (TPSA) is 309 Å². The molecule has 0 aliphatic carbocycles. The van der Waals surface area contributed by atoms with Gasteiger partial charge in [0.15, 0.2) is 0 Å². The number of aryl methyl sites for hydroxylation is 1. The molecular weight excluding hydrogens is 355 g/mol. The first-order chi connectivity index (χ1) is 8.27. The minimum absolute atomic E-state index is 0. The van der Waals surface area contributed by atoms with Gasteiger partial charge < -0.3 is 39.8 Å². The van der Waals surface area contributed by atoms with Gasteiger partial charge in [0.25, 0.3) is 5.56 Å². The second-order valence-corrected chi connectivity index (χ2v) is 3.60. The van der Waals surface area contributed by atoms with Crippen LogP contribution in [0.4, 0.5) is 0 Å². The fourth-order valence-corrected chi connectivity index (χ4v) is 1.68. The summed E-state index contributed by atoms with van der Waals surface area (Å²) in [6.07, 6.45) is 3.14. The Balaban J connectivity index is -0.0000000802. The molecule has 25 heavy (non-hydrogen) atoms. The normalized spacial score (nSPS) is 7.40. The number of aromatic nitrogens is 6. The molecule has 0 aromatic carbocycles. The number of nitrogens with zero attached hydrogens (tertiary/aromatic N) is 5. The van der Waals surface area contributed by atoms with Gasteiger partial charge in [0.05, 0.1) is 0 Å². The largest absolute Gasteiger partial charge is 1.00 e. The Morgan fingerprint density at radius 1 is 1.08 bits per heavy atom. The SMILES string of the molecule is Cc1cccn2c(=O)c(-c3nn[nH]n3)cnc12.O.O.O.O.O.O.O.[H-].[Na+]. The molecule has 0 bridgehead atoms. The number of aromatic amines is 1. The number of tetrazole rings is 1. The maximum Gasteiger partial charge on any atom is 1.00 e. The molecule has 0 aliphatic rings. The van der Waals surface area contributed by atoms with Crippen LogP contribution in [0.1, 0.15) is 6.99 Å². The van der Waals surface area contributed by atoms with Crippen LogP contribution in [0.5, 0.6) is 0 Å². The first-order valence-electron chi connectivity index (χ1n) is 4.98. The van der Waals surface area contributed by atoms with E-state index in [1.807, 2.05) is 13.0 Å². The minimum Gasteiger partial charge on any atom is -1.00 e. The first-order valence-corrected chi connectivity index (χ1v) is 4.98. The third kappa shape index (κ3) is 6.88. The molecule has 142 valence electrons. The molecule has 15 N–H and O–H groups in total. The van der Waals surface area contributed by atoms with Gasteiger partial charge in [-0.15, -0.1) is 10.2 Å². The zero-order chi connectivity index (χ0) is 11.8. The summed E-state index contributed by atoms with van der Waals surface area (Å²) in [6, 6.07) is 3.70. The maximum absolute atomic E-state index is 12.2. The van der Waals surface area contributed by atoms with Crippen LogP contribution in [0.15, 0.2) is 29.3 Å². The van der Waals surface area contributed by atoms with E-state index in [1.165, 1.54) is 10.6 Å². The second-order valence-electron chi connectivity index (χ2n) is 3.60. The van der Waals surface area contributed by atoms with Crippen molar-refractivity contribution in [3.8, 4) is 11.4 Å². The minimum atomic E-state index is -0.208. The molecule has 0 saturated heterocycles. The number of nitrogens with one attached hydrogen (secondary N) is 1. The third-order valence-corrected chi connectivity index (χ3v) is 2.51. The summed E-state index contributed by atoms with van der Waals surface area (Å²) in [4.78, 5) is 16.4. The van der Waals surface area contributed by atoms with Crippen molar-refractivity contribution in [3.05, 3.63) is 40.4 Å². The summed E-state index contributed by atoms with van der Waals surface area (Å²) in [6.45, 7) is 1.90. The van der Waals surface area contributed by atoms with Gasteiger partial charge in [-0.1, -0.05) is 6.07 Å². The molecule has 3 heterocycles. The Hall–Kier alpha value is -1.85. The molecule has 0 atom stereocenters. The monoisotopic (exact) mass is 378 g/mol. The smallest absolute Gasteiger partial charge is 1.00 e. The number of H-pyrrole nitrogens is 1. The number of fused-ring (bicyclic) bond motifs is 1. The average Bonchev–Trinajstić information content (AvgIpc) is 2.84. The predicted octanol–water partition coefficient (Wildman–Crippen LogP) is -8.47. The molecule has 0 unspecified atom stereocenters. The van der Waals surface area contributed by atoms with Crippen LogP contribution < -0.4 is 35.1 Å². The summed E-state index contributed by atoms with van der Waals surface area (Å²) < 4.78 is 1.47. The van der Waals surface area contributed by atoms with Crippen LogP contribution in [0, 0.1) is 6.92 Å². The summed E-state index contributed by atoms with van der Waals surface area (Å²) in [5.74, 6) is 0.249. The van der Waals surface area contributed by atoms with E-state index in [9.17, 15) is 4.79 Å². The van der Waals surface area contributed by atoms with Gasteiger partial charge in [-0.3, -0.25) is 9.20 Å². The van der Waals surface area contributed by atoms with Crippen molar-refractivity contribution in [2.75, 3.05) is 0 Å². The third-order valence-electron chi connectivity index (χ3n) is 2.51. The number of rotatable bonds is 1. The van der Waals surface area contributed by atoms with Crippen LogP contribution in [0.25, 0.3) is 17.0 Å². The predicted molar refractivity (Wildman–Crippen MR) is 85.8 cm³/mol. The number of pyridine rings is 1. The summed E-state index contributed by atoms with van der Waals surface area (Å²) in [5.41, 5.74) is 1.68. The van der Waals surface area contributed by atoms with E-state index in [-0.39, 0.29) is 80.7 Å². The first kappa shape index (κ1) is 38.6. The van der Waals surface area contributed by atoms with Gasteiger partial charge in [-0.05, 0) is 23.8 Å². The fourth-order valence-electron chi connectivity index (χ4n) is 1.68. The maximum atomic E-state index is 12.2. The number of hydrogen-bond acceptors (Lipinski definition) is 5. The van der Waals surface area contributed by atoms with E-state index in [0.717, 1.165) is 5.56 Å². The summed E-state index contributed by atoms with van der Waals surface area (Å²) in [5, 5.41) is 13.3. The van der Waals surface area contributed by atoms with Gasteiger partial charge in [-0.25, -0.2) is 4.98 Å². The van der Waals surface area contributed by atoms with Crippen LogP contribution in [-0.4, -0.2) is 68.3 Å².